The highest BCUT2D eigenvalue weighted by Gasteiger charge is 2.58. The van der Waals surface area contributed by atoms with Gasteiger partial charge in [0.15, 0.2) is 0 Å². The van der Waals surface area contributed by atoms with Crippen molar-refractivity contribution in [1.82, 2.24) is 101 Å². The summed E-state index contributed by atoms with van der Waals surface area (Å²) < 4.78 is 40.2. The first-order valence-electron chi connectivity index (χ1n) is 41.3. The van der Waals surface area contributed by atoms with E-state index in [1.54, 1.807) is 166 Å². The summed E-state index contributed by atoms with van der Waals surface area (Å²) in [5.41, 5.74) is 13.5. The van der Waals surface area contributed by atoms with Gasteiger partial charge in [0.2, 0.25) is 23.6 Å². The molecule has 2 bridgehead atoms. The Morgan fingerprint density at radius 3 is 1.27 bits per heavy atom. The number of aryl methyl sites for hydroxylation is 6. The first-order chi connectivity index (χ1) is 62.6. The number of aromatic nitrogens is 20. The highest BCUT2D eigenvalue weighted by Crippen LogP contribution is 2.63. The molecule has 4 saturated carbocycles. The fraction of sp³-hybridized carbons (Fsp3) is 0.267. The van der Waals surface area contributed by atoms with E-state index in [-0.39, 0.29) is 63.5 Å². The van der Waals surface area contributed by atoms with E-state index in [4.69, 9.17) is 18.9 Å². The van der Waals surface area contributed by atoms with Crippen LogP contribution in [0.5, 0.6) is 23.5 Å². The number of ether oxygens (including phenoxy) is 4. The second kappa shape index (κ2) is 37.3. The van der Waals surface area contributed by atoms with Crippen LogP contribution in [0.25, 0.3) is 44.1 Å². The minimum Gasteiger partial charge on any atom is -0.478 e. The molecule has 4 aliphatic rings. The topological polar surface area (TPSA) is 434 Å². The Bertz CT molecular complexity index is 7150. The second-order valence-corrected chi connectivity index (χ2v) is 31.6. The van der Waals surface area contributed by atoms with Gasteiger partial charge < -0.3 is 98.0 Å². The lowest BCUT2D eigenvalue weighted by atomic mass is 9.49. The van der Waals surface area contributed by atoms with E-state index >= 15 is 0 Å². The number of hydrogen-bond donors (Lipinski definition) is 8. The van der Waals surface area contributed by atoms with Gasteiger partial charge in [0.1, 0.15) is 66.9 Å². The van der Waals surface area contributed by atoms with Gasteiger partial charge in [-0.2, -0.15) is 0 Å². The molecule has 0 saturated heterocycles. The maximum atomic E-state index is 13.8. The third kappa shape index (κ3) is 18.2. The van der Waals surface area contributed by atoms with Gasteiger partial charge in [-0.25, -0.2) is 19.9 Å². The molecule has 670 valence electrons. The molecule has 0 atom stereocenters. The zero-order valence-corrected chi connectivity index (χ0v) is 73.4. The molecular formula is C90H98N28O12. The van der Waals surface area contributed by atoms with Crippen molar-refractivity contribution in [3.63, 3.8) is 0 Å². The third-order valence-electron chi connectivity index (χ3n) is 22.8. The van der Waals surface area contributed by atoms with E-state index < -0.39 is 0 Å². The molecule has 12 heterocycles. The van der Waals surface area contributed by atoms with Gasteiger partial charge in [-0.3, -0.25) is 57.1 Å². The predicted octanol–water partition coefficient (Wildman–Crippen LogP) is 10.2. The first-order valence-corrected chi connectivity index (χ1v) is 41.3. The summed E-state index contributed by atoms with van der Waals surface area (Å²) in [4.78, 5) is 123. The fourth-order valence-electron chi connectivity index (χ4n) is 16.3. The van der Waals surface area contributed by atoms with Gasteiger partial charge in [0, 0.05) is 108 Å². The highest BCUT2D eigenvalue weighted by atomic mass is 16.5. The molecule has 12 aromatic heterocycles. The zero-order chi connectivity index (χ0) is 92.1. The Hall–Kier alpha value is -16.6. The summed E-state index contributed by atoms with van der Waals surface area (Å²) in [5.74, 6) is 1.55. The van der Waals surface area contributed by atoms with Gasteiger partial charge in [-0.1, -0.05) is 62.7 Å². The number of methoxy groups -OCH3 is 4. The van der Waals surface area contributed by atoms with Gasteiger partial charge in [-0.15, -0.1) is 20.4 Å². The summed E-state index contributed by atoms with van der Waals surface area (Å²) in [7, 11) is 17.0. The summed E-state index contributed by atoms with van der Waals surface area (Å²) >= 11 is 0. The summed E-state index contributed by atoms with van der Waals surface area (Å²) in [6, 6.07) is 22.0. The van der Waals surface area contributed by atoms with Crippen LogP contribution in [0.15, 0.2) is 217 Å². The number of pyridine rings is 4. The van der Waals surface area contributed by atoms with Crippen molar-refractivity contribution < 1.29 is 38.1 Å². The van der Waals surface area contributed by atoms with Crippen LogP contribution in [0.4, 0.5) is 62.6 Å². The number of fused-ring (bicyclic) bond motifs is 4. The second-order valence-electron chi connectivity index (χ2n) is 31.6. The van der Waals surface area contributed by atoms with Gasteiger partial charge in [0.05, 0.1) is 121 Å². The quantitative estimate of drug-likeness (QED) is 0.0202. The van der Waals surface area contributed by atoms with Gasteiger partial charge in [0.25, 0.3) is 45.8 Å². The molecule has 4 fully saturated rings. The first kappa shape index (κ1) is 88.3. The van der Waals surface area contributed by atoms with Crippen molar-refractivity contribution in [3.05, 3.63) is 256 Å². The number of nitrogens with zero attached hydrogens (tertiary/aromatic N) is 20. The maximum Gasteiger partial charge on any atom is 0.277 e. The summed E-state index contributed by atoms with van der Waals surface area (Å²) in [6.07, 6.45) is 30.5. The average Bonchev–Trinajstić information content (AvgIpc) is 1.32. The minimum absolute atomic E-state index is 0.00897. The summed E-state index contributed by atoms with van der Waals surface area (Å²) in [6.45, 7) is 17.4. The number of aromatic amines is 1. The van der Waals surface area contributed by atoms with Gasteiger partial charge >= 0.3 is 0 Å². The number of amides is 4. The Balaban J connectivity index is 0.000000133. The lowest BCUT2D eigenvalue weighted by molar-refractivity contribution is -0.129. The lowest BCUT2D eigenvalue weighted by Crippen LogP contribution is -2.59. The van der Waals surface area contributed by atoms with Crippen LogP contribution >= 0.6 is 0 Å². The van der Waals surface area contributed by atoms with Crippen LogP contribution in [-0.4, -0.2) is 166 Å². The number of likely N-dealkylation sites (N-methyl/N-ethyl adjacent to an activating group) is 1. The number of nitrogens with one attached hydrogen (secondary N) is 8. The Labute approximate surface area is 742 Å². The molecule has 3 aromatic carbocycles. The molecule has 40 heteroatoms. The normalized spacial score (nSPS) is 15.0. The highest BCUT2D eigenvalue weighted by molar-refractivity contribution is 6.01. The number of imidazole rings is 4. The molecule has 130 heavy (non-hydrogen) atoms. The lowest BCUT2D eigenvalue weighted by Gasteiger charge is -2.62. The van der Waals surface area contributed by atoms with Crippen molar-refractivity contribution in [2.24, 2.45) is 41.2 Å². The van der Waals surface area contributed by atoms with Crippen molar-refractivity contribution in [1.29, 1.82) is 0 Å². The molecule has 19 rings (SSSR count). The SMILES string of the molecule is C=CC(=O)N(C)C1CC(n2cc(Nc3cn(C)nc3OC)c3ncn(C45CC(C4)C5)c3c2=O)C1.C=CC(=O)Nc1cccc(Cn2cc(Nc3cn(C)nc3OC)c3nc[nH]c3c2=O)c1.C=CC(=O)Nc1cccc(Cn2cc(Nc3cn(C)nc3OC)c3ncn(C)c3c2=O)c1.C=CC(=O)Nc1cccc(Cn2cc(Nc3cn(C)nc3OC)c3ncn(CC)c3c2=O)c1. The molecule has 0 unspecified atom stereocenters. The van der Waals surface area contributed by atoms with E-state index in [9.17, 15) is 38.4 Å². The maximum absolute atomic E-state index is 13.8. The molecule has 4 aliphatic carbocycles. The van der Waals surface area contributed by atoms with E-state index in [0.717, 1.165) is 60.4 Å². The monoisotopic (exact) mass is 1760 g/mol. The van der Waals surface area contributed by atoms with Crippen LogP contribution in [0, 0.1) is 5.92 Å². The number of H-pyrrole nitrogens is 1. The number of benzene rings is 3. The molecule has 0 spiro atoms. The molecule has 40 nitrogen and oxygen atoms in total. The Kier molecular flexibility index (Phi) is 25.3. The van der Waals surface area contributed by atoms with Crippen molar-refractivity contribution in [2.45, 2.75) is 82.8 Å². The number of anilines is 11. The van der Waals surface area contributed by atoms with E-state index in [1.807, 2.05) is 96.4 Å². The average molecular weight is 1760 g/mol. The van der Waals surface area contributed by atoms with Crippen LogP contribution in [-0.2, 0) is 86.1 Å². The van der Waals surface area contributed by atoms with Crippen molar-refractivity contribution >= 4 is 130 Å². The molecule has 4 amide bonds. The molecule has 0 aliphatic heterocycles. The largest absolute Gasteiger partial charge is 0.478 e. The van der Waals surface area contributed by atoms with Crippen LogP contribution < -0.4 is 78.4 Å². The van der Waals surface area contributed by atoms with E-state index in [2.05, 4.69) is 113 Å². The minimum atomic E-state index is -0.301. The summed E-state index contributed by atoms with van der Waals surface area (Å²) in [5, 5.41) is 38.5. The smallest absolute Gasteiger partial charge is 0.277 e. The van der Waals surface area contributed by atoms with Crippen molar-refractivity contribution in [3.8, 4) is 23.5 Å². The molecular weight excluding hydrogens is 1670 g/mol. The predicted molar refractivity (Wildman–Crippen MR) is 495 cm³/mol. The van der Waals surface area contributed by atoms with Crippen molar-refractivity contribution in [2.75, 3.05) is 72.7 Å². The third-order valence-corrected chi connectivity index (χ3v) is 22.8. The molecule has 15 aromatic rings. The number of carbonyl (C=O) groups excluding carboxylic acids is 4. The van der Waals surface area contributed by atoms with E-state index in [1.165, 1.54) is 37.7 Å². The standard InChI is InChI=1S/C24H29N7O3.C23H25N7O3.C22H23N7O3.C21H21N7O3/c1-5-19(32)29(3)15-6-16(7-15)30-12-17(26-18-11-28(2)27-22(18)34-4)20-21(23(30)33)31(13-25-20)24-8-14(9-24)10-24;1-5-19(31)25-16-9-7-8-15(10-16)11-30-13-17(26-18-12-28(3)27-22(18)33-4)20-21(23(30)32)29(6-2)14-24-20;1-5-18(30)24-15-8-6-7-14(9-15)10-29-12-16(19-20(22(29)31)27(2)13-23-19)25-17-11-28(3)26-21(17)32-4;1-4-17(29)24-14-7-5-6-13(8-14)9-28-11-15(18-19(21(28)30)23-12-22-18)25-16-10-27(2)26-20(16)31-3/h5,11-16,26H,1,6-10H2,2-4H3;5,7-10,12-14,26H,1,6,11H2,2-4H3,(H,25,31);5-9,11-13,25H,1,10H2,2-4H3,(H,24,30);4-8,10-12,25H,1,9H2,2-3H3,(H,22,23)(H,24,29). The Morgan fingerprint density at radius 2 is 0.862 bits per heavy atom. The van der Waals surface area contributed by atoms with Crippen LogP contribution in [0.1, 0.15) is 61.8 Å². The fourth-order valence-corrected chi connectivity index (χ4v) is 16.3. The number of carbonyl (C=O) groups is 4. The van der Waals surface area contributed by atoms with Crippen LogP contribution in [0.2, 0.25) is 0 Å². The molecule has 0 radical (unpaired) electrons. The zero-order valence-electron chi connectivity index (χ0n) is 73.4. The Morgan fingerprint density at radius 1 is 0.469 bits per heavy atom. The van der Waals surface area contributed by atoms with Crippen LogP contribution in [0.3, 0.4) is 0 Å². The number of hydrogen-bond acceptors (Lipinski definition) is 24. The van der Waals surface area contributed by atoms with E-state index in [0.29, 0.717) is 151 Å². The number of rotatable bonds is 29. The van der Waals surface area contributed by atoms with Gasteiger partial charge in [-0.05, 0) is 122 Å². The molecule has 8 N–H and O–H groups in total.